The van der Waals surface area contributed by atoms with Crippen LogP contribution in [0.3, 0.4) is 0 Å². The van der Waals surface area contributed by atoms with Gasteiger partial charge in [-0.25, -0.2) is 0 Å². The summed E-state index contributed by atoms with van der Waals surface area (Å²) in [6.07, 6.45) is 3.66. The van der Waals surface area contributed by atoms with Crippen molar-refractivity contribution in [1.82, 2.24) is 15.5 Å². The van der Waals surface area contributed by atoms with Gasteiger partial charge in [-0.15, -0.1) is 10.2 Å². The van der Waals surface area contributed by atoms with Crippen molar-refractivity contribution < 1.29 is 14.3 Å². The molecule has 1 aromatic carbocycles. The van der Waals surface area contributed by atoms with E-state index in [0.717, 1.165) is 37.0 Å². The molecule has 0 fully saturated rings. The molecule has 8 heteroatoms. The molecule has 0 aliphatic rings. The van der Waals surface area contributed by atoms with Crippen molar-refractivity contribution in [3.63, 3.8) is 0 Å². The van der Waals surface area contributed by atoms with Gasteiger partial charge in [0.1, 0.15) is 16.8 Å². The second kappa shape index (κ2) is 10.8. The van der Waals surface area contributed by atoms with E-state index in [2.05, 4.69) is 27.8 Å². The van der Waals surface area contributed by atoms with Crippen molar-refractivity contribution in [2.75, 3.05) is 12.4 Å². The quantitative estimate of drug-likeness (QED) is 0.627. The van der Waals surface area contributed by atoms with Crippen molar-refractivity contribution in [3.05, 3.63) is 24.3 Å². The Hall–Kier alpha value is -2.48. The summed E-state index contributed by atoms with van der Waals surface area (Å²) in [5.41, 5.74) is 0.891. The van der Waals surface area contributed by atoms with Crippen molar-refractivity contribution in [1.29, 1.82) is 0 Å². The summed E-state index contributed by atoms with van der Waals surface area (Å²) < 4.78 is 5.14. The summed E-state index contributed by atoms with van der Waals surface area (Å²) in [5, 5.41) is 14.8. The Kier molecular flexibility index (Phi) is 8.38. The molecule has 2 unspecified atom stereocenters. The molecule has 2 rings (SSSR count). The maximum atomic E-state index is 12.4. The number of methoxy groups -OCH3 is 1. The first-order chi connectivity index (χ1) is 13.5. The third kappa shape index (κ3) is 6.02. The summed E-state index contributed by atoms with van der Waals surface area (Å²) in [4.78, 5) is 24.8. The number of aromatic nitrogens is 2. The van der Waals surface area contributed by atoms with Crippen molar-refractivity contribution in [2.24, 2.45) is 5.92 Å². The third-order valence-electron chi connectivity index (χ3n) is 4.51. The third-order valence-corrected chi connectivity index (χ3v) is 5.40. The predicted octanol–water partition coefficient (Wildman–Crippen LogP) is 3.87. The van der Waals surface area contributed by atoms with Crippen LogP contribution in [-0.2, 0) is 9.59 Å². The van der Waals surface area contributed by atoms with Crippen LogP contribution in [0.15, 0.2) is 24.3 Å². The standard InChI is InChI=1S/C20H28N4O3S/c1-5-7-8-14(6-2)18(26)21-13(3)17(25)22-20-24-23-19(28-20)15-9-11-16(27-4)12-10-15/h9-14H,5-8H2,1-4H3,(H,21,26)(H,22,24,25). The van der Waals surface area contributed by atoms with Crippen LogP contribution >= 0.6 is 11.3 Å². The summed E-state index contributed by atoms with van der Waals surface area (Å²) in [6.45, 7) is 5.76. The van der Waals surface area contributed by atoms with Gasteiger partial charge in [-0.1, -0.05) is 38.0 Å². The predicted molar refractivity (Wildman–Crippen MR) is 111 cm³/mol. The lowest BCUT2D eigenvalue weighted by Crippen LogP contribution is -2.44. The Morgan fingerprint density at radius 2 is 1.86 bits per heavy atom. The fourth-order valence-corrected chi connectivity index (χ4v) is 3.46. The van der Waals surface area contributed by atoms with Gasteiger partial charge < -0.3 is 10.1 Å². The van der Waals surface area contributed by atoms with Crippen molar-refractivity contribution >= 4 is 28.3 Å². The topological polar surface area (TPSA) is 93.2 Å². The van der Waals surface area contributed by atoms with Gasteiger partial charge in [-0.05, 0) is 44.0 Å². The molecule has 0 saturated heterocycles. The zero-order chi connectivity index (χ0) is 20.5. The molecule has 2 N–H and O–H groups in total. The second-order valence-corrected chi connectivity index (χ2v) is 7.59. The molecule has 28 heavy (non-hydrogen) atoms. The molecular weight excluding hydrogens is 376 g/mol. The molecule has 1 aromatic heterocycles. The molecule has 0 radical (unpaired) electrons. The molecule has 2 amide bonds. The SMILES string of the molecule is CCCCC(CC)C(=O)NC(C)C(=O)Nc1nnc(-c2ccc(OC)cc2)s1. The molecule has 0 bridgehead atoms. The molecule has 0 aliphatic carbocycles. The van der Waals surface area contributed by atoms with Crippen molar-refractivity contribution in [3.8, 4) is 16.3 Å². The molecule has 0 saturated carbocycles. The maximum Gasteiger partial charge on any atom is 0.248 e. The molecular formula is C20H28N4O3S. The number of hydrogen-bond donors (Lipinski definition) is 2. The van der Waals surface area contributed by atoms with Crippen LogP contribution in [0.5, 0.6) is 5.75 Å². The number of carbonyl (C=O) groups is 2. The van der Waals surface area contributed by atoms with Crippen LogP contribution in [0.2, 0.25) is 0 Å². The van der Waals surface area contributed by atoms with E-state index >= 15 is 0 Å². The van der Waals surface area contributed by atoms with Crippen LogP contribution in [0.1, 0.15) is 46.5 Å². The van der Waals surface area contributed by atoms with Crippen LogP contribution < -0.4 is 15.4 Å². The highest BCUT2D eigenvalue weighted by atomic mass is 32.1. The minimum atomic E-state index is -0.642. The van der Waals surface area contributed by atoms with E-state index in [1.165, 1.54) is 11.3 Å². The maximum absolute atomic E-state index is 12.4. The Morgan fingerprint density at radius 3 is 2.46 bits per heavy atom. The molecule has 0 spiro atoms. The highest BCUT2D eigenvalue weighted by molar-refractivity contribution is 7.18. The van der Waals surface area contributed by atoms with E-state index in [1.807, 2.05) is 31.2 Å². The summed E-state index contributed by atoms with van der Waals surface area (Å²) in [7, 11) is 1.61. The van der Waals surface area contributed by atoms with E-state index in [0.29, 0.717) is 10.1 Å². The van der Waals surface area contributed by atoms with Gasteiger partial charge in [0.25, 0.3) is 0 Å². The summed E-state index contributed by atoms with van der Waals surface area (Å²) >= 11 is 1.28. The van der Waals surface area contributed by atoms with Gasteiger partial charge in [0.05, 0.1) is 7.11 Å². The molecule has 2 aromatic rings. The van der Waals surface area contributed by atoms with E-state index < -0.39 is 6.04 Å². The number of benzene rings is 1. The van der Waals surface area contributed by atoms with Gasteiger partial charge in [-0.3, -0.25) is 14.9 Å². The Morgan fingerprint density at radius 1 is 1.14 bits per heavy atom. The number of nitrogens with zero attached hydrogens (tertiary/aromatic N) is 2. The van der Waals surface area contributed by atoms with Crippen LogP contribution in [-0.4, -0.2) is 35.2 Å². The number of amides is 2. The largest absolute Gasteiger partial charge is 0.497 e. The second-order valence-electron chi connectivity index (χ2n) is 6.61. The lowest BCUT2D eigenvalue weighted by Gasteiger charge is -2.18. The fraction of sp³-hybridized carbons (Fsp3) is 0.500. The Bertz CT molecular complexity index is 776. The van der Waals surface area contributed by atoms with Gasteiger partial charge in [0.15, 0.2) is 0 Å². The number of anilines is 1. The van der Waals surface area contributed by atoms with E-state index in [-0.39, 0.29) is 17.7 Å². The summed E-state index contributed by atoms with van der Waals surface area (Å²) in [5.74, 6) is 0.319. The normalized spacial score (nSPS) is 12.9. The average molecular weight is 405 g/mol. The molecule has 7 nitrogen and oxygen atoms in total. The van der Waals surface area contributed by atoms with Crippen LogP contribution in [0, 0.1) is 5.92 Å². The smallest absolute Gasteiger partial charge is 0.248 e. The first-order valence-electron chi connectivity index (χ1n) is 9.57. The Labute approximate surface area is 169 Å². The highest BCUT2D eigenvalue weighted by Crippen LogP contribution is 2.27. The Balaban J connectivity index is 1.93. The summed E-state index contributed by atoms with van der Waals surface area (Å²) in [6, 6.07) is 6.81. The number of ether oxygens (including phenoxy) is 1. The number of carbonyl (C=O) groups excluding carboxylic acids is 2. The lowest BCUT2D eigenvalue weighted by atomic mass is 9.98. The zero-order valence-electron chi connectivity index (χ0n) is 16.8. The minimum Gasteiger partial charge on any atom is -0.497 e. The van der Waals surface area contributed by atoms with E-state index in [1.54, 1.807) is 14.0 Å². The van der Waals surface area contributed by atoms with Crippen LogP contribution in [0.4, 0.5) is 5.13 Å². The number of unbranched alkanes of at least 4 members (excludes halogenated alkanes) is 1. The van der Waals surface area contributed by atoms with E-state index in [9.17, 15) is 9.59 Å². The lowest BCUT2D eigenvalue weighted by molar-refractivity contribution is -0.129. The van der Waals surface area contributed by atoms with Gasteiger partial charge in [0, 0.05) is 11.5 Å². The monoisotopic (exact) mass is 404 g/mol. The first-order valence-corrected chi connectivity index (χ1v) is 10.4. The van der Waals surface area contributed by atoms with Crippen LogP contribution in [0.25, 0.3) is 10.6 Å². The molecule has 1 heterocycles. The minimum absolute atomic E-state index is 0.0570. The fourth-order valence-electron chi connectivity index (χ4n) is 2.71. The molecule has 2 atom stereocenters. The highest BCUT2D eigenvalue weighted by Gasteiger charge is 2.22. The molecule has 152 valence electrons. The van der Waals surface area contributed by atoms with Gasteiger partial charge in [-0.2, -0.15) is 0 Å². The van der Waals surface area contributed by atoms with Gasteiger partial charge >= 0.3 is 0 Å². The number of hydrogen-bond acceptors (Lipinski definition) is 6. The first kappa shape index (κ1) is 21.8. The van der Waals surface area contributed by atoms with E-state index in [4.69, 9.17) is 4.74 Å². The average Bonchev–Trinajstić information content (AvgIpc) is 3.17. The number of nitrogens with one attached hydrogen (secondary N) is 2. The number of rotatable bonds is 10. The molecule has 0 aliphatic heterocycles. The van der Waals surface area contributed by atoms with Gasteiger partial charge in [0.2, 0.25) is 16.9 Å². The van der Waals surface area contributed by atoms with Crippen molar-refractivity contribution in [2.45, 2.75) is 52.5 Å². The zero-order valence-corrected chi connectivity index (χ0v) is 17.6.